The van der Waals surface area contributed by atoms with Crippen molar-refractivity contribution in [2.24, 2.45) is 11.8 Å². The maximum Gasteiger partial charge on any atom is 0.325 e. The van der Waals surface area contributed by atoms with Crippen molar-refractivity contribution >= 4 is 35.1 Å². The van der Waals surface area contributed by atoms with Gasteiger partial charge < -0.3 is 14.4 Å². The molecule has 2 amide bonds. The largest absolute Gasteiger partial charge is 0.468 e. The van der Waals surface area contributed by atoms with E-state index in [1.54, 1.807) is 17.3 Å². The van der Waals surface area contributed by atoms with Crippen molar-refractivity contribution in [3.63, 3.8) is 0 Å². The number of hydrogen-bond acceptors (Lipinski definition) is 9. The van der Waals surface area contributed by atoms with Crippen LogP contribution >= 0.6 is 11.3 Å². The number of benzene rings is 1. The molecule has 212 valence electrons. The van der Waals surface area contributed by atoms with Crippen LogP contribution < -0.4 is 10.9 Å². The standard InChI is InChI=1S/C28H38N4O6S/c1-17(2)23(32(4)25(34)14-20-11-12-20)15-24(38-18(3)33)27-29-22(16-39-27)26(35)31-30-21(28(36)37-5)13-19-9-7-6-8-10-19/h6-10,16-17,20-21,23-24,30H,11-15H2,1-5H3,(H,31,35). The third-order valence-electron chi connectivity index (χ3n) is 6.74. The zero-order valence-corrected chi connectivity index (χ0v) is 24.0. The van der Waals surface area contributed by atoms with Gasteiger partial charge in [0, 0.05) is 44.7 Å². The lowest BCUT2D eigenvalue weighted by Gasteiger charge is -2.33. The molecular formula is C28H38N4O6S. The number of hydrogen-bond donors (Lipinski definition) is 2. The summed E-state index contributed by atoms with van der Waals surface area (Å²) in [4.78, 5) is 56.0. The number of methoxy groups -OCH3 is 1. The summed E-state index contributed by atoms with van der Waals surface area (Å²) in [5.74, 6) is -0.871. The highest BCUT2D eigenvalue weighted by molar-refractivity contribution is 7.09. The molecule has 39 heavy (non-hydrogen) atoms. The van der Waals surface area contributed by atoms with E-state index in [2.05, 4.69) is 15.8 Å². The highest BCUT2D eigenvalue weighted by Crippen LogP contribution is 2.34. The minimum absolute atomic E-state index is 0.0821. The van der Waals surface area contributed by atoms with Crippen molar-refractivity contribution in [3.05, 3.63) is 52.0 Å². The van der Waals surface area contributed by atoms with Crippen LogP contribution in [0.4, 0.5) is 0 Å². The zero-order valence-electron chi connectivity index (χ0n) is 23.1. The van der Waals surface area contributed by atoms with Crippen LogP contribution in [0.15, 0.2) is 35.7 Å². The summed E-state index contributed by atoms with van der Waals surface area (Å²) >= 11 is 1.20. The Kier molecular flexibility index (Phi) is 11.0. The van der Waals surface area contributed by atoms with E-state index in [1.165, 1.54) is 25.4 Å². The molecule has 1 aromatic heterocycles. The van der Waals surface area contributed by atoms with Crippen LogP contribution in [0.1, 0.15) is 73.6 Å². The first-order chi connectivity index (χ1) is 18.6. The van der Waals surface area contributed by atoms with Crippen molar-refractivity contribution in [1.29, 1.82) is 0 Å². The number of amides is 2. The Balaban J connectivity index is 1.68. The molecule has 1 aliphatic rings. The SMILES string of the molecule is COC(=O)C(Cc1ccccc1)NNC(=O)c1csc(C(CC(C(C)C)N(C)C(=O)CC2CC2)OC(C)=O)n1. The van der Waals surface area contributed by atoms with Crippen molar-refractivity contribution in [1.82, 2.24) is 20.7 Å². The van der Waals surface area contributed by atoms with Crippen molar-refractivity contribution in [2.75, 3.05) is 14.2 Å². The van der Waals surface area contributed by atoms with Crippen LogP contribution in [0.2, 0.25) is 0 Å². The Morgan fingerprint density at radius 3 is 2.44 bits per heavy atom. The number of nitrogens with zero attached hydrogens (tertiary/aromatic N) is 2. The summed E-state index contributed by atoms with van der Waals surface area (Å²) in [6, 6.07) is 8.38. The first kappa shape index (κ1) is 30.2. The molecule has 1 aliphatic carbocycles. The van der Waals surface area contributed by atoms with Gasteiger partial charge in [0.15, 0.2) is 6.10 Å². The molecule has 0 saturated heterocycles. The lowest BCUT2D eigenvalue weighted by atomic mass is 9.96. The molecule has 0 bridgehead atoms. The summed E-state index contributed by atoms with van der Waals surface area (Å²) in [5, 5.41) is 2.03. The number of carbonyl (C=O) groups excluding carboxylic acids is 4. The van der Waals surface area contributed by atoms with Gasteiger partial charge in [-0.1, -0.05) is 44.2 Å². The van der Waals surface area contributed by atoms with E-state index in [1.807, 2.05) is 44.2 Å². The van der Waals surface area contributed by atoms with Gasteiger partial charge in [0.1, 0.15) is 16.7 Å². The molecule has 3 atom stereocenters. The molecular weight excluding hydrogens is 520 g/mol. The summed E-state index contributed by atoms with van der Waals surface area (Å²) in [6.07, 6.45) is 2.67. The number of aromatic nitrogens is 1. The van der Waals surface area contributed by atoms with Crippen LogP contribution in [-0.4, -0.2) is 59.9 Å². The topological polar surface area (TPSA) is 127 Å². The van der Waals surface area contributed by atoms with Gasteiger partial charge in [0.2, 0.25) is 5.91 Å². The maximum atomic E-state index is 12.9. The molecule has 1 saturated carbocycles. The Hall–Kier alpha value is -3.31. The number of esters is 2. The lowest BCUT2D eigenvalue weighted by Crippen LogP contribution is -2.49. The normalized spacial score (nSPS) is 15.2. The molecule has 2 aromatic rings. The fourth-order valence-electron chi connectivity index (χ4n) is 4.34. The van der Waals surface area contributed by atoms with E-state index in [4.69, 9.17) is 9.47 Å². The Bertz CT molecular complexity index is 1130. The van der Waals surface area contributed by atoms with Gasteiger partial charge in [-0.05, 0) is 30.2 Å². The third-order valence-corrected chi connectivity index (χ3v) is 7.68. The first-order valence-electron chi connectivity index (χ1n) is 13.1. The van der Waals surface area contributed by atoms with Crippen molar-refractivity contribution < 1.29 is 28.7 Å². The maximum absolute atomic E-state index is 12.9. The average molecular weight is 559 g/mol. The number of rotatable bonds is 14. The molecule has 0 spiro atoms. The van der Waals surface area contributed by atoms with Gasteiger partial charge in [0.25, 0.3) is 5.91 Å². The van der Waals surface area contributed by atoms with Gasteiger partial charge in [-0.2, -0.15) is 0 Å². The second-order valence-electron chi connectivity index (χ2n) is 10.2. The molecule has 1 fully saturated rings. The predicted octanol–water partition coefficient (Wildman–Crippen LogP) is 3.44. The summed E-state index contributed by atoms with van der Waals surface area (Å²) in [7, 11) is 3.08. The molecule has 10 nitrogen and oxygen atoms in total. The minimum atomic E-state index is -0.802. The smallest absolute Gasteiger partial charge is 0.325 e. The molecule has 0 aliphatic heterocycles. The second-order valence-corrected chi connectivity index (χ2v) is 11.1. The van der Waals surface area contributed by atoms with E-state index in [9.17, 15) is 19.2 Å². The van der Waals surface area contributed by atoms with Gasteiger partial charge in [-0.15, -0.1) is 11.3 Å². The molecule has 11 heteroatoms. The van der Waals surface area contributed by atoms with Crippen LogP contribution in [0.5, 0.6) is 0 Å². The summed E-state index contributed by atoms with van der Waals surface area (Å²) in [6.45, 7) is 5.37. The van der Waals surface area contributed by atoms with Gasteiger partial charge in [0.05, 0.1) is 7.11 Å². The van der Waals surface area contributed by atoms with Gasteiger partial charge in [-0.3, -0.25) is 24.6 Å². The summed E-state index contributed by atoms with van der Waals surface area (Å²) < 4.78 is 10.5. The summed E-state index contributed by atoms with van der Waals surface area (Å²) in [5.41, 5.74) is 6.29. The Labute approximate surface area is 233 Å². The molecule has 1 aromatic carbocycles. The number of thiazole rings is 1. The highest BCUT2D eigenvalue weighted by atomic mass is 32.1. The number of ether oxygens (including phenoxy) is 2. The first-order valence-corrected chi connectivity index (χ1v) is 14.0. The number of carbonyl (C=O) groups is 4. The monoisotopic (exact) mass is 558 g/mol. The Morgan fingerprint density at radius 1 is 1.15 bits per heavy atom. The second kappa shape index (κ2) is 14.2. The predicted molar refractivity (Wildman–Crippen MR) is 147 cm³/mol. The van der Waals surface area contributed by atoms with Gasteiger partial charge >= 0.3 is 11.9 Å². The molecule has 0 radical (unpaired) electrons. The average Bonchev–Trinajstić information content (AvgIpc) is 3.58. The van der Waals surface area contributed by atoms with E-state index >= 15 is 0 Å². The third kappa shape index (κ3) is 9.14. The van der Waals surface area contributed by atoms with E-state index in [-0.39, 0.29) is 23.6 Å². The number of nitrogens with one attached hydrogen (secondary N) is 2. The van der Waals surface area contributed by atoms with Crippen LogP contribution in [-0.2, 0) is 30.3 Å². The van der Waals surface area contributed by atoms with Gasteiger partial charge in [-0.25, -0.2) is 10.4 Å². The van der Waals surface area contributed by atoms with Crippen LogP contribution in [0.3, 0.4) is 0 Å². The fourth-order valence-corrected chi connectivity index (χ4v) is 5.18. The lowest BCUT2D eigenvalue weighted by molar-refractivity contribution is -0.148. The number of hydrazine groups is 1. The zero-order chi connectivity index (χ0) is 28.5. The highest BCUT2D eigenvalue weighted by Gasteiger charge is 2.33. The minimum Gasteiger partial charge on any atom is -0.468 e. The Morgan fingerprint density at radius 2 is 1.85 bits per heavy atom. The van der Waals surface area contributed by atoms with E-state index in [0.717, 1.165) is 18.4 Å². The van der Waals surface area contributed by atoms with E-state index < -0.39 is 30.0 Å². The molecule has 3 rings (SSSR count). The van der Waals surface area contributed by atoms with Crippen LogP contribution in [0.25, 0.3) is 0 Å². The van der Waals surface area contributed by atoms with Crippen molar-refractivity contribution in [2.45, 2.75) is 71.1 Å². The molecule has 3 unspecified atom stereocenters. The quantitative estimate of drug-likeness (QED) is 0.267. The molecule has 2 N–H and O–H groups in total. The van der Waals surface area contributed by atoms with E-state index in [0.29, 0.717) is 30.2 Å². The molecule has 1 heterocycles. The fraction of sp³-hybridized carbons (Fsp3) is 0.536. The van der Waals surface area contributed by atoms with Crippen molar-refractivity contribution in [3.8, 4) is 0 Å². The van der Waals surface area contributed by atoms with Crippen LogP contribution in [0, 0.1) is 11.8 Å².